The fraction of sp³-hybridized carbons (Fsp3) is 0.588. The van der Waals surface area contributed by atoms with E-state index in [0.717, 1.165) is 50.8 Å². The van der Waals surface area contributed by atoms with E-state index in [1.54, 1.807) is 0 Å². The molecule has 0 bridgehead atoms. The molecule has 0 unspecified atom stereocenters. The van der Waals surface area contributed by atoms with Crippen molar-refractivity contribution in [1.29, 1.82) is 0 Å². The van der Waals surface area contributed by atoms with Gasteiger partial charge < -0.3 is 15.3 Å². The Hall–Kier alpha value is -1.30. The Balaban J connectivity index is 1.72. The van der Waals surface area contributed by atoms with Gasteiger partial charge in [0.05, 0.1) is 5.92 Å². The number of halogens is 1. The Morgan fingerprint density at radius 1 is 1.22 bits per heavy atom. The molecule has 23 heavy (non-hydrogen) atoms. The average Bonchev–Trinajstić information content (AvgIpc) is 2.57. The van der Waals surface area contributed by atoms with Crippen molar-refractivity contribution in [3.05, 3.63) is 28.8 Å². The van der Waals surface area contributed by atoms with Crippen molar-refractivity contribution in [1.82, 2.24) is 10.2 Å². The van der Waals surface area contributed by atoms with E-state index in [1.165, 1.54) is 11.3 Å². The Bertz CT molecular complexity index is 553. The summed E-state index contributed by atoms with van der Waals surface area (Å²) in [6.45, 7) is 6.68. The van der Waals surface area contributed by atoms with E-state index in [9.17, 15) is 4.79 Å². The molecule has 0 spiro atoms. The first-order valence-electron chi connectivity index (χ1n) is 8.33. The highest BCUT2D eigenvalue weighted by molar-refractivity contribution is 6.30. The van der Waals surface area contributed by atoms with Crippen molar-refractivity contribution in [2.24, 2.45) is 5.92 Å². The first-order chi connectivity index (χ1) is 11.1. The number of aliphatic carboxylic acids is 1. The summed E-state index contributed by atoms with van der Waals surface area (Å²) >= 11 is 6.21. The standard InChI is InChI=1S/C17H24ClN3O2/c18-15-2-1-14(12-20-9-5-19-6-10-20)16(11-15)21-7-3-13(4-8-21)17(22)23/h1-2,11,13,19H,3-10,12H2,(H,22,23). The van der Waals surface area contributed by atoms with Gasteiger partial charge in [0.2, 0.25) is 0 Å². The molecule has 0 saturated carbocycles. The number of anilines is 1. The Morgan fingerprint density at radius 2 is 1.91 bits per heavy atom. The molecule has 0 atom stereocenters. The van der Waals surface area contributed by atoms with Gasteiger partial charge in [0.15, 0.2) is 0 Å². The summed E-state index contributed by atoms with van der Waals surface area (Å²) in [5.41, 5.74) is 2.45. The van der Waals surface area contributed by atoms with Gasteiger partial charge in [-0.25, -0.2) is 0 Å². The molecule has 2 fully saturated rings. The van der Waals surface area contributed by atoms with Crippen LogP contribution in [0.4, 0.5) is 5.69 Å². The summed E-state index contributed by atoms with van der Waals surface area (Å²) in [6, 6.07) is 6.09. The first-order valence-corrected chi connectivity index (χ1v) is 8.70. The number of hydrogen-bond acceptors (Lipinski definition) is 4. The molecule has 2 N–H and O–H groups in total. The van der Waals surface area contributed by atoms with Crippen LogP contribution in [-0.2, 0) is 11.3 Å². The monoisotopic (exact) mass is 337 g/mol. The average molecular weight is 338 g/mol. The zero-order chi connectivity index (χ0) is 16.2. The molecular weight excluding hydrogens is 314 g/mol. The van der Waals surface area contributed by atoms with Crippen molar-refractivity contribution >= 4 is 23.3 Å². The number of benzene rings is 1. The van der Waals surface area contributed by atoms with Crippen LogP contribution in [0.5, 0.6) is 0 Å². The number of carbonyl (C=O) groups is 1. The van der Waals surface area contributed by atoms with Gasteiger partial charge in [-0.2, -0.15) is 0 Å². The van der Waals surface area contributed by atoms with E-state index in [2.05, 4.69) is 21.2 Å². The third kappa shape index (κ3) is 4.16. The van der Waals surface area contributed by atoms with E-state index in [0.29, 0.717) is 12.8 Å². The molecular formula is C17H24ClN3O2. The second-order valence-corrected chi connectivity index (χ2v) is 6.84. The largest absolute Gasteiger partial charge is 0.481 e. The van der Waals surface area contributed by atoms with Crippen LogP contribution in [0.1, 0.15) is 18.4 Å². The number of carboxylic acids is 1. The maximum atomic E-state index is 11.1. The van der Waals surface area contributed by atoms with Crippen LogP contribution in [0.25, 0.3) is 0 Å². The van der Waals surface area contributed by atoms with Gasteiger partial charge in [0.1, 0.15) is 0 Å². The summed E-state index contributed by atoms with van der Waals surface area (Å²) < 4.78 is 0. The number of nitrogens with zero attached hydrogens (tertiary/aromatic N) is 2. The van der Waals surface area contributed by atoms with Crippen LogP contribution in [0.3, 0.4) is 0 Å². The lowest BCUT2D eigenvalue weighted by molar-refractivity contribution is -0.142. The number of rotatable bonds is 4. The topological polar surface area (TPSA) is 55.8 Å². The zero-order valence-electron chi connectivity index (χ0n) is 13.3. The molecule has 5 nitrogen and oxygen atoms in total. The second kappa shape index (κ2) is 7.51. The molecule has 2 saturated heterocycles. The molecule has 0 radical (unpaired) electrons. The minimum absolute atomic E-state index is 0.206. The van der Waals surface area contributed by atoms with Gasteiger partial charge in [0, 0.05) is 56.5 Å². The molecule has 2 heterocycles. The molecule has 6 heteroatoms. The number of piperidine rings is 1. The van der Waals surface area contributed by atoms with Gasteiger partial charge in [-0.05, 0) is 30.5 Å². The maximum absolute atomic E-state index is 11.1. The molecule has 3 rings (SSSR count). The lowest BCUT2D eigenvalue weighted by atomic mass is 9.96. The van der Waals surface area contributed by atoms with Gasteiger partial charge in [-0.1, -0.05) is 17.7 Å². The molecule has 0 aromatic heterocycles. The lowest BCUT2D eigenvalue weighted by Crippen LogP contribution is -2.43. The van der Waals surface area contributed by atoms with Gasteiger partial charge >= 0.3 is 5.97 Å². The number of nitrogens with one attached hydrogen (secondary N) is 1. The zero-order valence-corrected chi connectivity index (χ0v) is 14.1. The smallest absolute Gasteiger partial charge is 0.306 e. The molecule has 2 aliphatic rings. The van der Waals surface area contributed by atoms with Gasteiger partial charge in [-0.3, -0.25) is 9.69 Å². The minimum Gasteiger partial charge on any atom is -0.481 e. The molecule has 1 aromatic carbocycles. The molecule has 1 aromatic rings. The van der Waals surface area contributed by atoms with Crippen LogP contribution in [0.2, 0.25) is 5.02 Å². The van der Waals surface area contributed by atoms with Crippen molar-refractivity contribution in [3.63, 3.8) is 0 Å². The van der Waals surface area contributed by atoms with Gasteiger partial charge in [0.25, 0.3) is 0 Å². The van der Waals surface area contributed by atoms with Crippen LogP contribution in [0, 0.1) is 5.92 Å². The second-order valence-electron chi connectivity index (χ2n) is 6.40. The van der Waals surface area contributed by atoms with Crippen LogP contribution < -0.4 is 10.2 Å². The Kier molecular flexibility index (Phi) is 5.41. The fourth-order valence-electron chi connectivity index (χ4n) is 3.44. The highest BCUT2D eigenvalue weighted by atomic mass is 35.5. The summed E-state index contributed by atoms with van der Waals surface area (Å²) in [4.78, 5) is 15.9. The van der Waals surface area contributed by atoms with E-state index in [-0.39, 0.29) is 5.92 Å². The number of hydrogen-bond donors (Lipinski definition) is 2. The van der Waals surface area contributed by atoms with E-state index in [1.807, 2.05) is 12.1 Å². The third-order valence-corrected chi connectivity index (χ3v) is 5.07. The highest BCUT2D eigenvalue weighted by Gasteiger charge is 2.26. The molecule has 126 valence electrons. The van der Waals surface area contributed by atoms with Crippen molar-refractivity contribution in [3.8, 4) is 0 Å². The predicted octanol–water partition coefficient (Wildman–Crippen LogP) is 2.05. The van der Waals surface area contributed by atoms with Crippen LogP contribution >= 0.6 is 11.6 Å². The molecule has 0 amide bonds. The van der Waals surface area contributed by atoms with Crippen LogP contribution in [-0.4, -0.2) is 55.2 Å². The number of piperazine rings is 1. The maximum Gasteiger partial charge on any atom is 0.306 e. The first kappa shape index (κ1) is 16.6. The Labute approximate surface area is 142 Å². The minimum atomic E-state index is -0.670. The van der Waals surface area contributed by atoms with E-state index < -0.39 is 5.97 Å². The SMILES string of the molecule is O=C(O)C1CCN(c2cc(Cl)ccc2CN2CCNCC2)CC1. The summed E-state index contributed by atoms with van der Waals surface area (Å²) in [5, 5.41) is 13.3. The van der Waals surface area contributed by atoms with Gasteiger partial charge in [-0.15, -0.1) is 0 Å². The normalized spacial score (nSPS) is 20.7. The molecule has 0 aliphatic carbocycles. The van der Waals surface area contributed by atoms with E-state index >= 15 is 0 Å². The molecule has 2 aliphatic heterocycles. The van der Waals surface area contributed by atoms with Crippen molar-refractivity contribution < 1.29 is 9.90 Å². The van der Waals surface area contributed by atoms with Crippen molar-refractivity contribution in [2.45, 2.75) is 19.4 Å². The van der Waals surface area contributed by atoms with Crippen LogP contribution in [0.15, 0.2) is 18.2 Å². The Morgan fingerprint density at radius 3 is 2.57 bits per heavy atom. The summed E-state index contributed by atoms with van der Waals surface area (Å²) in [5.74, 6) is -0.876. The quantitative estimate of drug-likeness (QED) is 0.880. The lowest BCUT2D eigenvalue weighted by Gasteiger charge is -2.35. The third-order valence-electron chi connectivity index (χ3n) is 4.84. The highest BCUT2D eigenvalue weighted by Crippen LogP contribution is 2.30. The van der Waals surface area contributed by atoms with E-state index in [4.69, 9.17) is 16.7 Å². The predicted molar refractivity (Wildman–Crippen MR) is 92.2 cm³/mol. The number of carboxylic acid groups (broad SMARTS) is 1. The fourth-order valence-corrected chi connectivity index (χ4v) is 3.61. The summed E-state index contributed by atoms with van der Waals surface area (Å²) in [6.07, 6.45) is 1.41. The summed E-state index contributed by atoms with van der Waals surface area (Å²) in [7, 11) is 0. The van der Waals surface area contributed by atoms with Crippen molar-refractivity contribution in [2.75, 3.05) is 44.2 Å².